The van der Waals surface area contributed by atoms with Crippen LogP contribution in [0.1, 0.15) is 70.0 Å². The van der Waals surface area contributed by atoms with Gasteiger partial charge in [-0.15, -0.1) is 0 Å². The summed E-state index contributed by atoms with van der Waals surface area (Å²) in [5.74, 6) is 2.41. The van der Waals surface area contributed by atoms with Gasteiger partial charge in [-0.05, 0) is 44.4 Å². The third-order valence-electron chi connectivity index (χ3n) is 4.98. The van der Waals surface area contributed by atoms with Crippen LogP contribution < -0.4 is 5.73 Å². The molecule has 0 amide bonds. The van der Waals surface area contributed by atoms with Gasteiger partial charge in [-0.25, -0.2) is 0 Å². The van der Waals surface area contributed by atoms with E-state index in [0.717, 1.165) is 51.0 Å². The molecule has 0 spiro atoms. The highest BCUT2D eigenvalue weighted by molar-refractivity contribution is 5.08. The third kappa shape index (κ3) is 2.49. The lowest BCUT2D eigenvalue weighted by molar-refractivity contribution is 0.0953. The first kappa shape index (κ1) is 14.0. The van der Waals surface area contributed by atoms with Crippen molar-refractivity contribution in [1.82, 2.24) is 10.1 Å². The molecule has 2 unspecified atom stereocenters. The van der Waals surface area contributed by atoms with Crippen LogP contribution in [0.4, 0.5) is 0 Å². The Hall–Kier alpha value is -0.940. The van der Waals surface area contributed by atoms with Crippen molar-refractivity contribution in [2.24, 2.45) is 11.7 Å². The molecule has 0 radical (unpaired) electrons. The van der Waals surface area contributed by atoms with Crippen LogP contribution in [-0.2, 0) is 10.3 Å². The van der Waals surface area contributed by atoms with E-state index in [0.29, 0.717) is 11.7 Å². The molecule has 1 saturated carbocycles. The van der Waals surface area contributed by atoms with E-state index in [2.05, 4.69) is 24.0 Å². The third-order valence-corrected chi connectivity index (χ3v) is 4.98. The summed E-state index contributed by atoms with van der Waals surface area (Å²) >= 11 is 0. The normalized spacial score (nSPS) is 38.2. The van der Waals surface area contributed by atoms with Crippen molar-refractivity contribution in [3.05, 3.63) is 11.7 Å². The van der Waals surface area contributed by atoms with Gasteiger partial charge in [-0.2, -0.15) is 4.98 Å². The summed E-state index contributed by atoms with van der Waals surface area (Å²) in [6, 6.07) is 0. The molecule has 5 nitrogen and oxygen atoms in total. The highest BCUT2D eigenvalue weighted by Gasteiger charge is 2.38. The Balaban J connectivity index is 1.76. The minimum atomic E-state index is -0.393. The highest BCUT2D eigenvalue weighted by Crippen LogP contribution is 2.38. The number of hydrogen-bond acceptors (Lipinski definition) is 5. The Kier molecular flexibility index (Phi) is 3.82. The van der Waals surface area contributed by atoms with Gasteiger partial charge in [0.05, 0.1) is 17.6 Å². The molecule has 5 heteroatoms. The molecule has 1 aromatic rings. The van der Waals surface area contributed by atoms with E-state index < -0.39 is 5.54 Å². The lowest BCUT2D eigenvalue weighted by Crippen LogP contribution is -2.41. The molecule has 2 atom stereocenters. The Labute approximate surface area is 120 Å². The molecule has 20 heavy (non-hydrogen) atoms. The number of aromatic nitrogens is 2. The summed E-state index contributed by atoms with van der Waals surface area (Å²) in [5.41, 5.74) is 6.11. The lowest BCUT2D eigenvalue weighted by atomic mass is 9.77. The SMILES string of the molecule is CCC1OCCC1c1nc(C2(N)CCC(C)CC2)no1. The van der Waals surface area contributed by atoms with Crippen LogP contribution in [0.2, 0.25) is 0 Å². The van der Waals surface area contributed by atoms with Gasteiger partial charge in [0.1, 0.15) is 0 Å². The van der Waals surface area contributed by atoms with Gasteiger partial charge in [0.25, 0.3) is 0 Å². The largest absolute Gasteiger partial charge is 0.377 e. The number of nitrogens with zero attached hydrogens (tertiary/aromatic N) is 2. The molecule has 2 N–H and O–H groups in total. The van der Waals surface area contributed by atoms with Crippen molar-refractivity contribution >= 4 is 0 Å². The van der Waals surface area contributed by atoms with Crippen molar-refractivity contribution in [2.45, 2.75) is 69.9 Å². The molecule has 112 valence electrons. The fraction of sp³-hybridized carbons (Fsp3) is 0.867. The van der Waals surface area contributed by atoms with Gasteiger partial charge < -0.3 is 15.0 Å². The van der Waals surface area contributed by atoms with Crippen LogP contribution in [0.3, 0.4) is 0 Å². The van der Waals surface area contributed by atoms with E-state index >= 15 is 0 Å². The summed E-state index contributed by atoms with van der Waals surface area (Å²) in [7, 11) is 0. The highest BCUT2D eigenvalue weighted by atomic mass is 16.5. The van der Waals surface area contributed by atoms with Gasteiger partial charge in [0.15, 0.2) is 5.82 Å². The van der Waals surface area contributed by atoms with Gasteiger partial charge in [-0.1, -0.05) is 19.0 Å². The van der Waals surface area contributed by atoms with E-state index in [1.165, 1.54) is 0 Å². The molecule has 2 heterocycles. The predicted molar refractivity (Wildman–Crippen MR) is 75.2 cm³/mol. The first-order chi connectivity index (χ1) is 9.62. The summed E-state index contributed by atoms with van der Waals surface area (Å²) in [5, 5.41) is 4.18. The molecule has 1 aromatic heterocycles. The second-order valence-corrected chi connectivity index (χ2v) is 6.51. The topological polar surface area (TPSA) is 74.2 Å². The van der Waals surface area contributed by atoms with Gasteiger partial charge in [-0.3, -0.25) is 0 Å². The zero-order valence-corrected chi connectivity index (χ0v) is 12.5. The Morgan fingerprint density at radius 3 is 2.75 bits per heavy atom. The first-order valence-corrected chi connectivity index (χ1v) is 7.87. The van der Waals surface area contributed by atoms with E-state index in [-0.39, 0.29) is 12.0 Å². The molecule has 2 aliphatic rings. The van der Waals surface area contributed by atoms with Crippen molar-refractivity contribution in [3.8, 4) is 0 Å². The van der Waals surface area contributed by atoms with Crippen LogP contribution >= 0.6 is 0 Å². The van der Waals surface area contributed by atoms with Crippen molar-refractivity contribution < 1.29 is 9.26 Å². The summed E-state index contributed by atoms with van der Waals surface area (Å²) in [6.45, 7) is 5.20. The molecule has 1 aliphatic carbocycles. The second-order valence-electron chi connectivity index (χ2n) is 6.51. The Bertz CT molecular complexity index is 452. The summed E-state index contributed by atoms with van der Waals surface area (Å²) < 4.78 is 11.2. The van der Waals surface area contributed by atoms with E-state index in [9.17, 15) is 0 Å². The summed E-state index contributed by atoms with van der Waals surface area (Å²) in [6.07, 6.45) is 6.34. The van der Waals surface area contributed by atoms with E-state index in [4.69, 9.17) is 15.0 Å². The van der Waals surface area contributed by atoms with Crippen LogP contribution in [0.25, 0.3) is 0 Å². The average Bonchev–Trinajstić information content (AvgIpc) is 3.09. The molecule has 0 bridgehead atoms. The molecular weight excluding hydrogens is 254 g/mol. The predicted octanol–water partition coefficient (Wildman–Crippen LogP) is 2.72. The number of rotatable bonds is 3. The van der Waals surface area contributed by atoms with Gasteiger partial charge in [0, 0.05) is 6.61 Å². The molecule has 2 fully saturated rings. The zero-order chi connectivity index (χ0) is 14.2. The maximum atomic E-state index is 6.51. The van der Waals surface area contributed by atoms with Crippen LogP contribution in [0, 0.1) is 5.92 Å². The molecule has 0 aromatic carbocycles. The maximum absolute atomic E-state index is 6.51. The Morgan fingerprint density at radius 1 is 1.30 bits per heavy atom. The average molecular weight is 279 g/mol. The maximum Gasteiger partial charge on any atom is 0.232 e. The molecule has 1 aliphatic heterocycles. The number of hydrogen-bond donors (Lipinski definition) is 1. The fourth-order valence-corrected chi connectivity index (χ4v) is 3.42. The first-order valence-electron chi connectivity index (χ1n) is 7.87. The number of nitrogens with two attached hydrogens (primary N) is 1. The van der Waals surface area contributed by atoms with Crippen LogP contribution in [0.15, 0.2) is 4.52 Å². The monoisotopic (exact) mass is 279 g/mol. The Morgan fingerprint density at radius 2 is 2.05 bits per heavy atom. The minimum absolute atomic E-state index is 0.211. The quantitative estimate of drug-likeness (QED) is 0.920. The lowest BCUT2D eigenvalue weighted by Gasteiger charge is -2.33. The van der Waals surface area contributed by atoms with Gasteiger partial charge in [0.2, 0.25) is 5.89 Å². The van der Waals surface area contributed by atoms with Crippen molar-refractivity contribution in [3.63, 3.8) is 0 Å². The zero-order valence-electron chi connectivity index (χ0n) is 12.5. The van der Waals surface area contributed by atoms with Gasteiger partial charge >= 0.3 is 0 Å². The van der Waals surface area contributed by atoms with E-state index in [1.807, 2.05) is 0 Å². The van der Waals surface area contributed by atoms with Crippen LogP contribution in [0.5, 0.6) is 0 Å². The second kappa shape index (κ2) is 5.45. The fourth-order valence-electron chi connectivity index (χ4n) is 3.42. The molecule has 3 rings (SSSR count). The van der Waals surface area contributed by atoms with Crippen molar-refractivity contribution in [2.75, 3.05) is 6.61 Å². The number of ether oxygens (including phenoxy) is 1. The van der Waals surface area contributed by atoms with E-state index in [1.54, 1.807) is 0 Å². The standard InChI is InChI=1S/C15H25N3O2/c1-3-12-11(6-9-19-12)13-17-14(18-20-13)15(16)7-4-10(2)5-8-15/h10-12H,3-9,16H2,1-2H3. The molecular formula is C15H25N3O2. The smallest absolute Gasteiger partial charge is 0.232 e. The summed E-state index contributed by atoms with van der Waals surface area (Å²) in [4.78, 5) is 4.63. The minimum Gasteiger partial charge on any atom is -0.377 e. The van der Waals surface area contributed by atoms with Crippen LogP contribution in [-0.4, -0.2) is 22.9 Å². The van der Waals surface area contributed by atoms with Crippen molar-refractivity contribution in [1.29, 1.82) is 0 Å². The molecule has 1 saturated heterocycles.